The van der Waals surface area contributed by atoms with E-state index in [2.05, 4.69) is 9.97 Å². The zero-order chi connectivity index (χ0) is 13.2. The first-order valence-electron chi connectivity index (χ1n) is 5.66. The molecule has 4 nitrogen and oxygen atoms in total. The predicted molar refractivity (Wildman–Crippen MR) is 75.5 cm³/mol. The number of nitrogens with zero attached hydrogens (tertiary/aromatic N) is 2. The van der Waals surface area contributed by atoms with Crippen molar-refractivity contribution >= 4 is 28.2 Å². The fourth-order valence-corrected chi connectivity index (χ4v) is 2.04. The van der Waals surface area contributed by atoms with Crippen LogP contribution in [0.2, 0.25) is 5.02 Å². The lowest BCUT2D eigenvalue weighted by Gasteiger charge is -2.08. The molecule has 1 heterocycles. The Morgan fingerprint density at radius 2 is 1.74 bits per heavy atom. The second-order valence-corrected chi connectivity index (χ2v) is 4.38. The Morgan fingerprint density at radius 3 is 2.47 bits per heavy atom. The highest BCUT2D eigenvalue weighted by Crippen LogP contribution is 2.33. The number of ether oxygens (including phenoxy) is 1. The third kappa shape index (κ3) is 2.30. The summed E-state index contributed by atoms with van der Waals surface area (Å²) in [5.41, 5.74) is 5.48. The van der Waals surface area contributed by atoms with Gasteiger partial charge in [0.25, 0.3) is 0 Å². The SMILES string of the molecule is Nc1cnc(Oc2ccc(Cl)c3ccccc23)cn1. The summed E-state index contributed by atoms with van der Waals surface area (Å²) >= 11 is 6.15. The molecule has 94 valence electrons. The molecule has 0 aliphatic rings. The molecular formula is C14H10ClN3O. The van der Waals surface area contributed by atoms with Gasteiger partial charge in [0.2, 0.25) is 5.88 Å². The molecule has 0 aliphatic heterocycles. The van der Waals surface area contributed by atoms with Crippen molar-refractivity contribution in [2.24, 2.45) is 0 Å². The van der Waals surface area contributed by atoms with Crippen molar-refractivity contribution in [2.45, 2.75) is 0 Å². The molecule has 1 aromatic heterocycles. The van der Waals surface area contributed by atoms with Gasteiger partial charge in [-0.3, -0.25) is 0 Å². The number of anilines is 1. The van der Waals surface area contributed by atoms with E-state index < -0.39 is 0 Å². The number of rotatable bonds is 2. The molecule has 3 rings (SSSR count). The largest absolute Gasteiger partial charge is 0.437 e. The smallest absolute Gasteiger partial charge is 0.238 e. The minimum Gasteiger partial charge on any atom is -0.437 e. The van der Waals surface area contributed by atoms with E-state index in [1.165, 1.54) is 12.4 Å². The fourth-order valence-electron chi connectivity index (χ4n) is 1.82. The molecule has 0 bridgehead atoms. The molecule has 2 aromatic carbocycles. The Balaban J connectivity index is 2.06. The van der Waals surface area contributed by atoms with Gasteiger partial charge in [0.05, 0.1) is 12.4 Å². The van der Waals surface area contributed by atoms with Crippen LogP contribution in [0, 0.1) is 0 Å². The first-order chi connectivity index (χ1) is 9.24. The summed E-state index contributed by atoms with van der Waals surface area (Å²) in [6, 6.07) is 11.4. The van der Waals surface area contributed by atoms with Crippen LogP contribution >= 0.6 is 11.6 Å². The third-order valence-electron chi connectivity index (χ3n) is 2.69. The average molecular weight is 272 g/mol. The lowest BCUT2D eigenvalue weighted by molar-refractivity contribution is 0.465. The van der Waals surface area contributed by atoms with E-state index in [9.17, 15) is 0 Å². The number of hydrogen-bond donors (Lipinski definition) is 1. The lowest BCUT2D eigenvalue weighted by atomic mass is 10.1. The Morgan fingerprint density at radius 1 is 0.947 bits per heavy atom. The number of halogens is 1. The number of hydrogen-bond acceptors (Lipinski definition) is 4. The van der Waals surface area contributed by atoms with Gasteiger partial charge in [-0.2, -0.15) is 0 Å². The zero-order valence-electron chi connectivity index (χ0n) is 9.88. The van der Waals surface area contributed by atoms with E-state index in [1.54, 1.807) is 6.07 Å². The van der Waals surface area contributed by atoms with Crippen LogP contribution in [0.3, 0.4) is 0 Å². The standard InChI is InChI=1S/C14H10ClN3O/c15-11-5-6-12(10-4-2-1-3-9(10)11)19-14-8-17-13(16)7-18-14/h1-8H,(H2,16,17). The molecule has 0 fully saturated rings. The zero-order valence-corrected chi connectivity index (χ0v) is 10.6. The van der Waals surface area contributed by atoms with Crippen LogP contribution < -0.4 is 10.5 Å². The molecule has 0 unspecified atom stereocenters. The van der Waals surface area contributed by atoms with E-state index in [0.29, 0.717) is 22.5 Å². The Hall–Kier alpha value is -2.33. The van der Waals surface area contributed by atoms with Crippen LogP contribution in [0.25, 0.3) is 10.8 Å². The van der Waals surface area contributed by atoms with Gasteiger partial charge in [-0.15, -0.1) is 0 Å². The van der Waals surface area contributed by atoms with E-state index in [1.807, 2.05) is 30.3 Å². The molecule has 0 radical (unpaired) electrons. The maximum absolute atomic E-state index is 6.15. The van der Waals surface area contributed by atoms with Crippen molar-refractivity contribution in [3.8, 4) is 11.6 Å². The highest BCUT2D eigenvalue weighted by molar-refractivity contribution is 6.35. The monoisotopic (exact) mass is 271 g/mol. The molecule has 5 heteroatoms. The summed E-state index contributed by atoms with van der Waals surface area (Å²) in [5, 5.41) is 2.55. The van der Waals surface area contributed by atoms with Crippen LogP contribution in [0.1, 0.15) is 0 Å². The number of fused-ring (bicyclic) bond motifs is 1. The van der Waals surface area contributed by atoms with Gasteiger partial charge in [0, 0.05) is 15.8 Å². The van der Waals surface area contributed by atoms with Gasteiger partial charge in [-0.1, -0.05) is 35.9 Å². The van der Waals surface area contributed by atoms with Crippen LogP contribution in [0.4, 0.5) is 5.82 Å². The fraction of sp³-hybridized carbons (Fsp3) is 0. The molecule has 2 N–H and O–H groups in total. The van der Waals surface area contributed by atoms with E-state index in [4.69, 9.17) is 22.1 Å². The van der Waals surface area contributed by atoms with Crippen molar-refractivity contribution in [3.05, 3.63) is 53.8 Å². The van der Waals surface area contributed by atoms with Crippen LogP contribution in [0.15, 0.2) is 48.8 Å². The Bertz CT molecular complexity index is 728. The maximum atomic E-state index is 6.15. The van der Waals surface area contributed by atoms with Crippen LogP contribution in [-0.2, 0) is 0 Å². The molecule has 0 spiro atoms. The van der Waals surface area contributed by atoms with Crippen molar-refractivity contribution in [3.63, 3.8) is 0 Å². The first-order valence-corrected chi connectivity index (χ1v) is 6.04. The molecule has 0 saturated heterocycles. The summed E-state index contributed by atoms with van der Waals surface area (Å²) < 4.78 is 5.71. The average Bonchev–Trinajstić information content (AvgIpc) is 2.45. The van der Waals surface area contributed by atoms with Gasteiger partial charge < -0.3 is 10.5 Å². The van der Waals surface area contributed by atoms with E-state index in [0.717, 1.165) is 10.8 Å². The van der Waals surface area contributed by atoms with Gasteiger partial charge in [-0.25, -0.2) is 9.97 Å². The molecule has 19 heavy (non-hydrogen) atoms. The highest BCUT2D eigenvalue weighted by atomic mass is 35.5. The number of nitrogens with two attached hydrogens (primary N) is 1. The molecule has 0 amide bonds. The Kier molecular flexibility index (Phi) is 2.93. The number of nitrogen functional groups attached to an aromatic ring is 1. The summed E-state index contributed by atoms with van der Waals surface area (Å²) in [6.07, 6.45) is 2.94. The van der Waals surface area contributed by atoms with Crippen molar-refractivity contribution in [1.82, 2.24) is 9.97 Å². The normalized spacial score (nSPS) is 10.6. The summed E-state index contributed by atoms with van der Waals surface area (Å²) in [7, 11) is 0. The lowest BCUT2D eigenvalue weighted by Crippen LogP contribution is -1.94. The summed E-state index contributed by atoms with van der Waals surface area (Å²) in [4.78, 5) is 8.00. The molecule has 3 aromatic rings. The summed E-state index contributed by atoms with van der Waals surface area (Å²) in [6.45, 7) is 0. The first kappa shape index (κ1) is 11.7. The maximum Gasteiger partial charge on any atom is 0.238 e. The molecule has 0 saturated carbocycles. The van der Waals surface area contributed by atoms with Crippen molar-refractivity contribution < 1.29 is 4.74 Å². The van der Waals surface area contributed by atoms with Gasteiger partial charge in [0.15, 0.2) is 0 Å². The van der Waals surface area contributed by atoms with Gasteiger partial charge in [0.1, 0.15) is 11.6 Å². The van der Waals surface area contributed by atoms with Crippen LogP contribution in [-0.4, -0.2) is 9.97 Å². The highest BCUT2D eigenvalue weighted by Gasteiger charge is 2.07. The minimum absolute atomic E-state index is 0.355. The predicted octanol–water partition coefficient (Wildman–Crippen LogP) is 3.66. The van der Waals surface area contributed by atoms with Gasteiger partial charge in [-0.05, 0) is 12.1 Å². The molecule has 0 aliphatic carbocycles. The third-order valence-corrected chi connectivity index (χ3v) is 3.02. The number of aromatic nitrogens is 2. The van der Waals surface area contributed by atoms with E-state index in [-0.39, 0.29) is 0 Å². The number of benzene rings is 2. The Labute approximate surface area is 114 Å². The van der Waals surface area contributed by atoms with Crippen molar-refractivity contribution in [1.29, 1.82) is 0 Å². The quantitative estimate of drug-likeness (QED) is 0.773. The van der Waals surface area contributed by atoms with Gasteiger partial charge >= 0.3 is 0 Å². The molecular weight excluding hydrogens is 262 g/mol. The second kappa shape index (κ2) is 4.74. The van der Waals surface area contributed by atoms with Crippen molar-refractivity contribution in [2.75, 3.05) is 5.73 Å². The second-order valence-electron chi connectivity index (χ2n) is 3.97. The van der Waals surface area contributed by atoms with E-state index >= 15 is 0 Å². The topological polar surface area (TPSA) is 61.0 Å². The molecule has 0 atom stereocenters. The minimum atomic E-state index is 0.355. The summed E-state index contributed by atoms with van der Waals surface area (Å²) in [5.74, 6) is 1.43. The van der Waals surface area contributed by atoms with Crippen LogP contribution in [0.5, 0.6) is 11.6 Å².